The van der Waals surface area contributed by atoms with E-state index < -0.39 is 5.92 Å². The zero-order valence-electron chi connectivity index (χ0n) is 19.9. The van der Waals surface area contributed by atoms with E-state index in [1.54, 1.807) is 11.3 Å². The van der Waals surface area contributed by atoms with Gasteiger partial charge in [0.15, 0.2) is 0 Å². The molecule has 0 atom stereocenters. The third kappa shape index (κ3) is 7.84. The van der Waals surface area contributed by atoms with Gasteiger partial charge in [-0.05, 0) is 44.1 Å². The fourth-order valence-corrected chi connectivity index (χ4v) is 5.99. The van der Waals surface area contributed by atoms with Crippen molar-refractivity contribution in [3.63, 3.8) is 0 Å². The van der Waals surface area contributed by atoms with Crippen LogP contribution in [-0.4, -0.2) is 46.3 Å². The van der Waals surface area contributed by atoms with Crippen molar-refractivity contribution in [2.45, 2.75) is 96.4 Å². The Morgan fingerprint density at radius 3 is 2.36 bits per heavy atom. The molecular weight excluding hydrogens is 446 g/mol. The van der Waals surface area contributed by atoms with E-state index in [4.69, 9.17) is 4.79 Å². The molecule has 33 heavy (non-hydrogen) atoms. The molecule has 1 saturated heterocycles. The lowest BCUT2D eigenvalue weighted by Gasteiger charge is -2.39. The number of aryl methyl sites for hydroxylation is 2. The van der Waals surface area contributed by atoms with E-state index in [1.165, 1.54) is 61.7 Å². The number of hydrogen-bond donors (Lipinski definition) is 2. The number of nitrogens with zero attached hydrogens (tertiary/aromatic N) is 2. The molecule has 2 aromatic rings. The second kappa shape index (κ2) is 13.7. The summed E-state index contributed by atoms with van der Waals surface area (Å²) in [5.74, 6) is -2.38. The van der Waals surface area contributed by atoms with Crippen molar-refractivity contribution in [3.05, 3.63) is 27.1 Å². The van der Waals surface area contributed by atoms with Gasteiger partial charge in [0, 0.05) is 36.9 Å². The molecule has 0 aromatic carbocycles. The molecule has 0 radical (unpaired) electrons. The van der Waals surface area contributed by atoms with E-state index in [1.807, 2.05) is 13.8 Å². The predicted octanol–water partition coefficient (Wildman–Crippen LogP) is 5.04. The number of thiophene rings is 1. The number of alkyl halides is 2. The Morgan fingerprint density at radius 2 is 1.73 bits per heavy atom. The van der Waals surface area contributed by atoms with E-state index in [9.17, 15) is 13.6 Å². The SMILES string of the molecule is CC.FC1(F)CCN(C2CCCCC2)CC1.NC=O.O=c1[nH]cnc2sc3c(c12)CCCC3. The van der Waals surface area contributed by atoms with Crippen molar-refractivity contribution < 1.29 is 13.6 Å². The molecular formula is C24H38F2N4O2S. The van der Waals surface area contributed by atoms with Crippen LogP contribution < -0.4 is 11.3 Å². The van der Waals surface area contributed by atoms with Gasteiger partial charge in [0.2, 0.25) is 6.41 Å². The average molecular weight is 485 g/mol. The number of fused-ring (bicyclic) bond motifs is 3. The van der Waals surface area contributed by atoms with Crippen molar-refractivity contribution in [2.24, 2.45) is 5.73 Å². The molecule has 186 valence electrons. The Labute approximate surface area is 199 Å². The summed E-state index contributed by atoms with van der Waals surface area (Å²) in [5.41, 5.74) is 5.44. The van der Waals surface area contributed by atoms with E-state index in [0.717, 1.165) is 23.1 Å². The fraction of sp³-hybridized carbons (Fsp3) is 0.708. The Bertz CT molecular complexity index is 899. The topological polar surface area (TPSA) is 92.1 Å². The Kier molecular flexibility index (Phi) is 11.4. The number of piperidine rings is 1. The lowest BCUT2D eigenvalue weighted by molar-refractivity contribution is -0.106. The Morgan fingerprint density at radius 1 is 1.12 bits per heavy atom. The summed E-state index contributed by atoms with van der Waals surface area (Å²) in [7, 11) is 0. The van der Waals surface area contributed by atoms with Crippen LogP contribution in [0.15, 0.2) is 11.1 Å². The molecule has 3 aliphatic rings. The first-order chi connectivity index (χ1) is 15.9. The van der Waals surface area contributed by atoms with Crippen LogP contribution in [0.1, 0.15) is 82.1 Å². The molecule has 1 saturated carbocycles. The number of nitrogens with two attached hydrogens (primary N) is 1. The highest BCUT2D eigenvalue weighted by atomic mass is 32.1. The molecule has 1 aliphatic heterocycles. The maximum absolute atomic E-state index is 12.9. The van der Waals surface area contributed by atoms with Gasteiger partial charge in [0.25, 0.3) is 11.5 Å². The van der Waals surface area contributed by atoms with E-state index >= 15 is 0 Å². The van der Waals surface area contributed by atoms with Gasteiger partial charge < -0.3 is 10.7 Å². The molecule has 9 heteroatoms. The summed E-state index contributed by atoms with van der Waals surface area (Å²) in [5, 5.41) is 0.840. The van der Waals surface area contributed by atoms with E-state index in [0.29, 0.717) is 19.1 Å². The van der Waals surface area contributed by atoms with Crippen LogP contribution in [0.3, 0.4) is 0 Å². The summed E-state index contributed by atoms with van der Waals surface area (Å²) >= 11 is 1.68. The number of halogens is 2. The number of primary amides is 1. The van der Waals surface area contributed by atoms with Crippen LogP contribution in [0.25, 0.3) is 10.2 Å². The largest absolute Gasteiger partial charge is 0.372 e. The molecule has 0 unspecified atom stereocenters. The molecule has 1 amide bonds. The van der Waals surface area contributed by atoms with Gasteiger partial charge in [-0.15, -0.1) is 11.3 Å². The van der Waals surface area contributed by atoms with Crippen molar-refractivity contribution in [1.82, 2.24) is 14.9 Å². The Balaban J connectivity index is 0.000000196. The van der Waals surface area contributed by atoms with Crippen LogP contribution in [0.4, 0.5) is 8.78 Å². The number of aromatic nitrogens is 2. The summed E-state index contributed by atoms with van der Waals surface area (Å²) in [4.78, 5) is 31.6. The molecule has 2 aromatic heterocycles. The Hall–Kier alpha value is -1.87. The standard InChI is InChI=1S/C11H19F2N.C10H10N2OS.C2H6.CH3NO/c12-11(13)6-8-14(9-7-11)10-4-2-1-3-5-10;13-9-8-6-3-1-2-4-7(6)14-10(8)12-5-11-9;1-2;2-1-3/h10H,1-9H2;5H,1-4H2,(H,11,12,13);1-2H3;1H,(H2,2,3). The highest BCUT2D eigenvalue weighted by Gasteiger charge is 2.36. The highest BCUT2D eigenvalue weighted by molar-refractivity contribution is 7.18. The minimum Gasteiger partial charge on any atom is -0.372 e. The molecule has 5 rings (SSSR count). The van der Waals surface area contributed by atoms with Crippen molar-refractivity contribution >= 4 is 28.0 Å². The van der Waals surface area contributed by atoms with Gasteiger partial charge in [-0.3, -0.25) is 14.5 Å². The lowest BCUT2D eigenvalue weighted by atomic mass is 9.92. The smallest absolute Gasteiger partial charge is 0.259 e. The maximum Gasteiger partial charge on any atom is 0.259 e. The maximum atomic E-state index is 12.9. The predicted molar refractivity (Wildman–Crippen MR) is 131 cm³/mol. The number of aromatic amines is 1. The molecule has 0 spiro atoms. The zero-order chi connectivity index (χ0) is 24.3. The van der Waals surface area contributed by atoms with Crippen LogP contribution in [0.2, 0.25) is 0 Å². The summed E-state index contributed by atoms with van der Waals surface area (Å²) < 4.78 is 25.8. The zero-order valence-corrected chi connectivity index (χ0v) is 20.7. The molecule has 3 heterocycles. The number of amides is 1. The van der Waals surface area contributed by atoms with Gasteiger partial charge in [-0.1, -0.05) is 33.1 Å². The van der Waals surface area contributed by atoms with Gasteiger partial charge in [0.1, 0.15) is 4.83 Å². The molecule has 2 fully saturated rings. The average Bonchev–Trinajstić information content (AvgIpc) is 3.22. The van der Waals surface area contributed by atoms with Crippen LogP contribution in [-0.2, 0) is 17.6 Å². The lowest BCUT2D eigenvalue weighted by Crippen LogP contribution is -2.45. The minimum atomic E-state index is -2.38. The fourth-order valence-electron chi connectivity index (χ4n) is 4.76. The van der Waals surface area contributed by atoms with Crippen molar-refractivity contribution in [3.8, 4) is 0 Å². The minimum absolute atomic E-state index is 0.0226. The van der Waals surface area contributed by atoms with Crippen molar-refractivity contribution in [1.29, 1.82) is 0 Å². The highest BCUT2D eigenvalue weighted by Crippen LogP contribution is 2.33. The van der Waals surface area contributed by atoms with Gasteiger partial charge in [0.05, 0.1) is 11.7 Å². The van der Waals surface area contributed by atoms with Crippen LogP contribution >= 0.6 is 11.3 Å². The number of nitrogens with one attached hydrogen (secondary N) is 1. The number of H-pyrrole nitrogens is 1. The monoisotopic (exact) mass is 484 g/mol. The van der Waals surface area contributed by atoms with Crippen LogP contribution in [0, 0.1) is 0 Å². The quantitative estimate of drug-likeness (QED) is 0.555. The molecule has 6 nitrogen and oxygen atoms in total. The number of carbonyl (C=O) groups excluding carboxylic acids is 1. The van der Waals surface area contributed by atoms with Gasteiger partial charge in [-0.2, -0.15) is 0 Å². The molecule has 0 bridgehead atoms. The number of hydrogen-bond acceptors (Lipinski definition) is 5. The first-order valence-corrected chi connectivity index (χ1v) is 13.0. The van der Waals surface area contributed by atoms with Gasteiger partial charge in [-0.25, -0.2) is 13.8 Å². The second-order valence-corrected chi connectivity index (χ2v) is 9.53. The number of carbonyl (C=O) groups is 1. The summed E-state index contributed by atoms with van der Waals surface area (Å²) in [6.07, 6.45) is 12.9. The third-order valence-corrected chi connectivity index (χ3v) is 7.58. The molecule has 2 aliphatic carbocycles. The summed E-state index contributed by atoms with van der Waals surface area (Å²) in [6.45, 7) is 5.22. The van der Waals surface area contributed by atoms with E-state index in [2.05, 4.69) is 20.6 Å². The first-order valence-electron chi connectivity index (χ1n) is 12.2. The number of likely N-dealkylation sites (tertiary alicyclic amines) is 1. The van der Waals surface area contributed by atoms with Crippen molar-refractivity contribution in [2.75, 3.05) is 13.1 Å². The number of rotatable bonds is 1. The second-order valence-electron chi connectivity index (χ2n) is 8.44. The first kappa shape index (κ1) is 27.4. The summed E-state index contributed by atoms with van der Waals surface area (Å²) in [6, 6.07) is 0.611. The third-order valence-electron chi connectivity index (χ3n) is 6.38. The normalized spacial score (nSPS) is 20.1. The molecule has 3 N–H and O–H groups in total. The van der Waals surface area contributed by atoms with Gasteiger partial charge >= 0.3 is 0 Å². The van der Waals surface area contributed by atoms with E-state index in [-0.39, 0.29) is 24.8 Å². The van der Waals surface area contributed by atoms with Crippen LogP contribution in [0.5, 0.6) is 0 Å².